The number of carbonyl (C=O) groups is 1. The third-order valence-electron chi connectivity index (χ3n) is 5.92. The average Bonchev–Trinajstić information content (AvgIpc) is 2.46. The number of hydrogen-bond donors (Lipinski definition) is 1. The third kappa shape index (κ3) is 2.47. The second kappa shape index (κ2) is 5.40. The van der Waals surface area contributed by atoms with E-state index in [1.54, 1.807) is 0 Å². The summed E-state index contributed by atoms with van der Waals surface area (Å²) in [5.41, 5.74) is 6.74. The fourth-order valence-corrected chi connectivity index (χ4v) is 4.67. The molecule has 0 aromatic carbocycles. The lowest BCUT2D eigenvalue weighted by molar-refractivity contribution is -0.120. The van der Waals surface area contributed by atoms with E-state index in [4.69, 9.17) is 10.5 Å². The van der Waals surface area contributed by atoms with E-state index in [1.807, 2.05) is 0 Å². The van der Waals surface area contributed by atoms with E-state index < -0.39 is 5.41 Å². The molecule has 3 rings (SSSR count). The van der Waals surface area contributed by atoms with Crippen molar-refractivity contribution in [3.63, 3.8) is 0 Å². The standard InChI is InChI=1S/C19H26N2O2/c1-4-12-5-7-19(8-6-12)13(11-20)17(21)23-15-10-18(2,3)9-14(22)16(15)19/h12H,4-10,21H2,1-3H3. The lowest BCUT2D eigenvalue weighted by Crippen LogP contribution is -2.43. The highest BCUT2D eigenvalue weighted by Crippen LogP contribution is 2.57. The van der Waals surface area contributed by atoms with Gasteiger partial charge in [-0.15, -0.1) is 0 Å². The first-order valence-electron chi connectivity index (χ1n) is 8.68. The summed E-state index contributed by atoms with van der Waals surface area (Å²) < 4.78 is 5.77. The van der Waals surface area contributed by atoms with Crippen LogP contribution in [0.4, 0.5) is 0 Å². The van der Waals surface area contributed by atoms with E-state index in [0.717, 1.165) is 43.4 Å². The van der Waals surface area contributed by atoms with Gasteiger partial charge in [-0.25, -0.2) is 0 Å². The van der Waals surface area contributed by atoms with Crippen molar-refractivity contribution in [2.75, 3.05) is 0 Å². The molecule has 1 fully saturated rings. The number of Topliss-reactive ketones (excluding diaryl/α,β-unsaturated/α-hetero) is 1. The summed E-state index contributed by atoms with van der Waals surface area (Å²) in [4.78, 5) is 12.9. The third-order valence-corrected chi connectivity index (χ3v) is 5.92. The van der Waals surface area contributed by atoms with Gasteiger partial charge in [-0.1, -0.05) is 27.2 Å². The van der Waals surface area contributed by atoms with Gasteiger partial charge in [0.05, 0.1) is 0 Å². The maximum Gasteiger partial charge on any atom is 0.205 e. The number of nitrogens with zero attached hydrogens (tertiary/aromatic N) is 1. The number of nitriles is 1. The van der Waals surface area contributed by atoms with Gasteiger partial charge in [0, 0.05) is 23.8 Å². The van der Waals surface area contributed by atoms with Gasteiger partial charge in [0.15, 0.2) is 5.78 Å². The summed E-state index contributed by atoms with van der Waals surface area (Å²) in [6.07, 6.45) is 6.15. The van der Waals surface area contributed by atoms with Gasteiger partial charge in [-0.05, 0) is 37.0 Å². The normalized spacial score (nSPS) is 33.3. The van der Waals surface area contributed by atoms with Gasteiger partial charge >= 0.3 is 0 Å². The van der Waals surface area contributed by atoms with Crippen LogP contribution in [0.25, 0.3) is 0 Å². The minimum absolute atomic E-state index is 0.109. The molecule has 23 heavy (non-hydrogen) atoms. The molecular formula is C19H26N2O2. The lowest BCUT2D eigenvalue weighted by atomic mass is 9.57. The highest BCUT2D eigenvalue weighted by molar-refractivity contribution is 5.99. The van der Waals surface area contributed by atoms with Crippen LogP contribution >= 0.6 is 0 Å². The minimum atomic E-state index is -0.494. The Morgan fingerprint density at radius 1 is 1.30 bits per heavy atom. The second-order valence-corrected chi connectivity index (χ2v) is 8.13. The van der Waals surface area contributed by atoms with Crippen molar-refractivity contribution in [2.45, 2.75) is 65.7 Å². The van der Waals surface area contributed by atoms with E-state index in [-0.39, 0.29) is 17.1 Å². The first kappa shape index (κ1) is 16.1. The quantitative estimate of drug-likeness (QED) is 0.795. The van der Waals surface area contributed by atoms with Gasteiger partial charge in [-0.3, -0.25) is 4.79 Å². The van der Waals surface area contributed by atoms with Crippen LogP contribution in [0.5, 0.6) is 0 Å². The molecule has 2 N–H and O–H groups in total. The van der Waals surface area contributed by atoms with Crippen LogP contribution in [0.15, 0.2) is 22.8 Å². The molecule has 0 atom stereocenters. The van der Waals surface area contributed by atoms with Crippen molar-refractivity contribution in [2.24, 2.45) is 22.5 Å². The minimum Gasteiger partial charge on any atom is -0.444 e. The first-order chi connectivity index (χ1) is 10.8. The van der Waals surface area contributed by atoms with Crippen LogP contribution in [-0.2, 0) is 9.53 Å². The summed E-state index contributed by atoms with van der Waals surface area (Å²) in [6, 6.07) is 2.26. The van der Waals surface area contributed by atoms with E-state index in [0.29, 0.717) is 24.3 Å². The highest BCUT2D eigenvalue weighted by atomic mass is 16.5. The Bertz CT molecular complexity index is 641. The number of ketones is 1. The Morgan fingerprint density at radius 2 is 1.96 bits per heavy atom. The molecule has 2 aliphatic carbocycles. The number of nitrogens with two attached hydrogens (primary N) is 1. The van der Waals surface area contributed by atoms with Crippen molar-refractivity contribution in [3.05, 3.63) is 22.8 Å². The maximum atomic E-state index is 12.9. The summed E-state index contributed by atoms with van der Waals surface area (Å²) in [5.74, 6) is 1.76. The van der Waals surface area contributed by atoms with E-state index >= 15 is 0 Å². The SMILES string of the molecule is CCC1CCC2(CC1)C(C#N)=C(N)OC1=C2C(=O)CC(C)(C)C1. The number of hydrogen-bond acceptors (Lipinski definition) is 4. The smallest absolute Gasteiger partial charge is 0.205 e. The topological polar surface area (TPSA) is 76.1 Å². The molecule has 0 aromatic rings. The second-order valence-electron chi connectivity index (χ2n) is 8.13. The molecule has 0 unspecified atom stereocenters. The van der Waals surface area contributed by atoms with Gasteiger partial charge in [0.25, 0.3) is 0 Å². The van der Waals surface area contributed by atoms with Crippen molar-refractivity contribution < 1.29 is 9.53 Å². The summed E-state index contributed by atoms with van der Waals surface area (Å²) in [6.45, 7) is 6.37. The Hall–Kier alpha value is -1.76. The lowest BCUT2D eigenvalue weighted by Gasteiger charge is -2.47. The summed E-state index contributed by atoms with van der Waals surface area (Å²) in [5, 5.41) is 9.68. The predicted molar refractivity (Wildman–Crippen MR) is 87.6 cm³/mol. The fourth-order valence-electron chi connectivity index (χ4n) is 4.67. The molecule has 0 radical (unpaired) electrons. The van der Waals surface area contributed by atoms with Crippen LogP contribution in [0, 0.1) is 28.1 Å². The molecule has 1 heterocycles. The predicted octanol–water partition coefficient (Wildman–Crippen LogP) is 3.94. The van der Waals surface area contributed by atoms with E-state index in [1.165, 1.54) is 0 Å². The monoisotopic (exact) mass is 314 g/mol. The van der Waals surface area contributed by atoms with Gasteiger partial charge < -0.3 is 10.5 Å². The Balaban J connectivity index is 2.09. The molecule has 0 aromatic heterocycles. The molecule has 1 aliphatic heterocycles. The molecule has 0 saturated heterocycles. The maximum absolute atomic E-state index is 12.9. The van der Waals surface area contributed by atoms with Gasteiger partial charge in [0.2, 0.25) is 5.88 Å². The molecule has 4 heteroatoms. The van der Waals surface area contributed by atoms with Crippen LogP contribution in [0.3, 0.4) is 0 Å². The van der Waals surface area contributed by atoms with E-state index in [9.17, 15) is 10.1 Å². The van der Waals surface area contributed by atoms with Crippen LogP contribution in [0.2, 0.25) is 0 Å². The largest absolute Gasteiger partial charge is 0.444 e. The number of carbonyl (C=O) groups excluding carboxylic acids is 1. The fraction of sp³-hybridized carbons (Fsp3) is 0.684. The molecule has 4 nitrogen and oxygen atoms in total. The Kier molecular flexibility index (Phi) is 3.78. The molecular weight excluding hydrogens is 288 g/mol. The van der Waals surface area contributed by atoms with Gasteiger partial charge in [0.1, 0.15) is 17.4 Å². The van der Waals surface area contributed by atoms with Crippen molar-refractivity contribution >= 4 is 5.78 Å². The zero-order valence-corrected chi connectivity index (χ0v) is 14.4. The van der Waals surface area contributed by atoms with Crippen LogP contribution < -0.4 is 5.73 Å². The summed E-state index contributed by atoms with van der Waals surface area (Å²) >= 11 is 0. The number of fused-ring (bicyclic) bond motifs is 1. The molecule has 1 spiro atoms. The Labute approximate surface area is 138 Å². The zero-order valence-electron chi connectivity index (χ0n) is 14.4. The summed E-state index contributed by atoms with van der Waals surface area (Å²) in [7, 11) is 0. The highest BCUT2D eigenvalue weighted by Gasteiger charge is 2.52. The van der Waals surface area contributed by atoms with Crippen LogP contribution in [0.1, 0.15) is 65.7 Å². The molecule has 1 saturated carbocycles. The van der Waals surface area contributed by atoms with Crippen molar-refractivity contribution in [1.82, 2.24) is 0 Å². The molecule has 3 aliphatic rings. The average molecular weight is 314 g/mol. The van der Waals surface area contributed by atoms with Crippen LogP contribution in [-0.4, -0.2) is 5.78 Å². The molecule has 0 bridgehead atoms. The Morgan fingerprint density at radius 3 is 2.52 bits per heavy atom. The molecule has 124 valence electrons. The number of allylic oxidation sites excluding steroid dienone is 3. The van der Waals surface area contributed by atoms with E-state index in [2.05, 4.69) is 26.8 Å². The van der Waals surface area contributed by atoms with Crippen molar-refractivity contribution in [1.29, 1.82) is 5.26 Å². The molecule has 0 amide bonds. The van der Waals surface area contributed by atoms with Gasteiger partial charge in [-0.2, -0.15) is 5.26 Å². The van der Waals surface area contributed by atoms with Crippen molar-refractivity contribution in [3.8, 4) is 6.07 Å². The number of ether oxygens (including phenoxy) is 1. The first-order valence-corrected chi connectivity index (χ1v) is 8.68. The zero-order chi connectivity index (χ0) is 16.8. The number of rotatable bonds is 1.